The molecule has 0 radical (unpaired) electrons. The summed E-state index contributed by atoms with van der Waals surface area (Å²) < 4.78 is 0. The van der Waals surface area contributed by atoms with Gasteiger partial charge in [0.2, 0.25) is 0 Å². The summed E-state index contributed by atoms with van der Waals surface area (Å²) in [6, 6.07) is 1.84. The van der Waals surface area contributed by atoms with Gasteiger partial charge in [0.15, 0.2) is 0 Å². The number of aryl methyl sites for hydroxylation is 1. The Morgan fingerprint density at radius 3 is 2.87 bits per heavy atom. The summed E-state index contributed by atoms with van der Waals surface area (Å²) in [5.41, 5.74) is 7.13. The van der Waals surface area contributed by atoms with Gasteiger partial charge in [-0.3, -0.25) is 0 Å². The van der Waals surface area contributed by atoms with Gasteiger partial charge in [-0.25, -0.2) is 4.98 Å². The van der Waals surface area contributed by atoms with E-state index in [1.54, 1.807) is 22.7 Å². The molecule has 0 bridgehead atoms. The number of hydrogen-bond acceptors (Lipinski definition) is 4. The topological polar surface area (TPSA) is 38.9 Å². The van der Waals surface area contributed by atoms with Gasteiger partial charge in [-0.05, 0) is 18.4 Å². The highest BCUT2D eigenvalue weighted by Crippen LogP contribution is 2.29. The molecule has 0 saturated heterocycles. The van der Waals surface area contributed by atoms with E-state index in [0.717, 1.165) is 27.0 Å². The van der Waals surface area contributed by atoms with E-state index in [1.807, 2.05) is 23.8 Å². The minimum absolute atomic E-state index is 0.0388. The molecule has 0 saturated carbocycles. The highest BCUT2D eigenvalue weighted by atomic mass is 35.5. The molecule has 2 aromatic rings. The third-order valence-corrected chi connectivity index (χ3v) is 4.52. The predicted octanol–water partition coefficient (Wildman–Crippen LogP) is 3.41. The summed E-state index contributed by atoms with van der Waals surface area (Å²) in [6.45, 7) is 1.99. The van der Waals surface area contributed by atoms with Gasteiger partial charge in [0, 0.05) is 28.4 Å². The number of thiophene rings is 1. The van der Waals surface area contributed by atoms with E-state index in [1.165, 1.54) is 0 Å². The zero-order valence-corrected chi connectivity index (χ0v) is 10.6. The SMILES string of the molecule is Cc1csc(CC(N)c2sccc2Cl)n1. The molecule has 2 aromatic heterocycles. The molecule has 2 N–H and O–H groups in total. The molecule has 0 aliphatic carbocycles. The molecule has 0 amide bonds. The molecule has 15 heavy (non-hydrogen) atoms. The van der Waals surface area contributed by atoms with Crippen LogP contribution < -0.4 is 5.73 Å². The Morgan fingerprint density at radius 2 is 2.33 bits per heavy atom. The Bertz CT molecular complexity index is 450. The van der Waals surface area contributed by atoms with Gasteiger partial charge < -0.3 is 5.73 Å². The number of halogens is 1. The van der Waals surface area contributed by atoms with E-state index < -0.39 is 0 Å². The smallest absolute Gasteiger partial charge is 0.0947 e. The van der Waals surface area contributed by atoms with Crippen LogP contribution in [-0.2, 0) is 6.42 Å². The molecule has 2 nitrogen and oxygen atoms in total. The predicted molar refractivity (Wildman–Crippen MR) is 66.8 cm³/mol. The van der Waals surface area contributed by atoms with Crippen LogP contribution in [0.25, 0.3) is 0 Å². The summed E-state index contributed by atoms with van der Waals surface area (Å²) in [5, 5.41) is 5.84. The van der Waals surface area contributed by atoms with Crippen molar-refractivity contribution < 1.29 is 0 Å². The molecule has 0 aliphatic rings. The average molecular weight is 259 g/mol. The fourth-order valence-electron chi connectivity index (χ4n) is 1.35. The number of nitrogens with two attached hydrogens (primary N) is 1. The first-order chi connectivity index (χ1) is 7.16. The third-order valence-electron chi connectivity index (χ3n) is 2.04. The Labute approximate surface area is 102 Å². The van der Waals surface area contributed by atoms with E-state index in [2.05, 4.69) is 4.98 Å². The van der Waals surface area contributed by atoms with Crippen molar-refractivity contribution in [2.24, 2.45) is 5.73 Å². The van der Waals surface area contributed by atoms with Crippen molar-refractivity contribution in [3.8, 4) is 0 Å². The molecule has 2 rings (SSSR count). The second-order valence-corrected chi connectivity index (χ2v) is 5.62. The van der Waals surface area contributed by atoms with Gasteiger partial charge >= 0.3 is 0 Å². The Balaban J connectivity index is 2.10. The van der Waals surface area contributed by atoms with E-state index in [9.17, 15) is 0 Å². The molecule has 80 valence electrons. The van der Waals surface area contributed by atoms with Crippen LogP contribution in [-0.4, -0.2) is 4.98 Å². The van der Waals surface area contributed by atoms with Crippen LogP contribution in [0.1, 0.15) is 21.6 Å². The first-order valence-electron chi connectivity index (χ1n) is 4.56. The van der Waals surface area contributed by atoms with E-state index >= 15 is 0 Å². The molecular formula is C10H11ClN2S2. The van der Waals surface area contributed by atoms with Crippen LogP contribution in [0.3, 0.4) is 0 Å². The van der Waals surface area contributed by atoms with Crippen molar-refractivity contribution >= 4 is 34.3 Å². The maximum atomic E-state index is 6.07. The quantitative estimate of drug-likeness (QED) is 0.916. The number of hydrogen-bond donors (Lipinski definition) is 1. The van der Waals surface area contributed by atoms with E-state index in [0.29, 0.717) is 0 Å². The second kappa shape index (κ2) is 4.61. The van der Waals surface area contributed by atoms with Crippen LogP contribution in [0.2, 0.25) is 5.02 Å². The van der Waals surface area contributed by atoms with Gasteiger partial charge in [0.25, 0.3) is 0 Å². The first-order valence-corrected chi connectivity index (χ1v) is 6.70. The number of nitrogens with zero attached hydrogens (tertiary/aromatic N) is 1. The number of aromatic nitrogens is 1. The van der Waals surface area contributed by atoms with Crippen LogP contribution in [0.4, 0.5) is 0 Å². The Morgan fingerprint density at radius 1 is 1.53 bits per heavy atom. The van der Waals surface area contributed by atoms with Gasteiger partial charge in [0.05, 0.1) is 10.0 Å². The Hall–Kier alpha value is -0.420. The third kappa shape index (κ3) is 2.58. The fourth-order valence-corrected chi connectivity index (χ4v) is 3.38. The van der Waals surface area contributed by atoms with Crippen LogP contribution in [0, 0.1) is 6.92 Å². The van der Waals surface area contributed by atoms with E-state index in [-0.39, 0.29) is 6.04 Å². The largest absolute Gasteiger partial charge is 0.323 e. The normalized spacial score (nSPS) is 13.0. The molecule has 0 aromatic carbocycles. The second-order valence-electron chi connectivity index (χ2n) is 3.33. The maximum Gasteiger partial charge on any atom is 0.0947 e. The van der Waals surface area contributed by atoms with Crippen molar-refractivity contribution in [2.45, 2.75) is 19.4 Å². The van der Waals surface area contributed by atoms with Gasteiger partial charge in [0.1, 0.15) is 0 Å². The molecule has 5 heteroatoms. The molecule has 1 atom stereocenters. The molecule has 1 unspecified atom stereocenters. The van der Waals surface area contributed by atoms with Crippen molar-refractivity contribution in [1.29, 1.82) is 0 Å². The van der Waals surface area contributed by atoms with Crippen molar-refractivity contribution in [3.05, 3.63) is 37.4 Å². The van der Waals surface area contributed by atoms with E-state index in [4.69, 9.17) is 17.3 Å². The molecular weight excluding hydrogens is 248 g/mol. The number of thiazole rings is 1. The zero-order valence-electron chi connectivity index (χ0n) is 8.24. The summed E-state index contributed by atoms with van der Waals surface area (Å²) in [5.74, 6) is 0. The monoisotopic (exact) mass is 258 g/mol. The highest BCUT2D eigenvalue weighted by molar-refractivity contribution is 7.10. The van der Waals surface area contributed by atoms with Gasteiger partial charge in [-0.2, -0.15) is 0 Å². The summed E-state index contributed by atoms with van der Waals surface area (Å²) in [7, 11) is 0. The molecule has 2 heterocycles. The van der Waals surface area contributed by atoms with Crippen molar-refractivity contribution in [1.82, 2.24) is 4.98 Å². The summed E-state index contributed by atoms with van der Waals surface area (Å²) in [4.78, 5) is 5.44. The fraction of sp³-hybridized carbons (Fsp3) is 0.300. The molecule has 0 fully saturated rings. The van der Waals surface area contributed by atoms with Gasteiger partial charge in [-0.15, -0.1) is 22.7 Å². The van der Waals surface area contributed by atoms with Crippen molar-refractivity contribution in [3.63, 3.8) is 0 Å². The van der Waals surface area contributed by atoms with Crippen LogP contribution in [0.5, 0.6) is 0 Å². The minimum Gasteiger partial charge on any atom is -0.323 e. The van der Waals surface area contributed by atoms with Gasteiger partial charge in [-0.1, -0.05) is 11.6 Å². The van der Waals surface area contributed by atoms with Crippen LogP contribution >= 0.6 is 34.3 Å². The lowest BCUT2D eigenvalue weighted by atomic mass is 10.2. The standard InChI is InChI=1S/C10H11ClN2S2/c1-6-5-15-9(13-6)4-8(12)10-7(11)2-3-14-10/h2-3,5,8H,4,12H2,1H3. The van der Waals surface area contributed by atoms with Crippen LogP contribution in [0.15, 0.2) is 16.8 Å². The minimum atomic E-state index is -0.0388. The average Bonchev–Trinajstić information content (AvgIpc) is 2.75. The maximum absolute atomic E-state index is 6.07. The Kier molecular flexibility index (Phi) is 3.41. The first kappa shape index (κ1) is 11.1. The lowest BCUT2D eigenvalue weighted by molar-refractivity contribution is 0.731. The number of rotatable bonds is 3. The lowest BCUT2D eigenvalue weighted by Crippen LogP contribution is -2.12. The lowest BCUT2D eigenvalue weighted by Gasteiger charge is -2.07. The van der Waals surface area contributed by atoms with Crippen molar-refractivity contribution in [2.75, 3.05) is 0 Å². The highest BCUT2D eigenvalue weighted by Gasteiger charge is 2.13. The zero-order chi connectivity index (χ0) is 10.8. The summed E-state index contributed by atoms with van der Waals surface area (Å²) >= 11 is 9.27. The summed E-state index contributed by atoms with van der Waals surface area (Å²) in [6.07, 6.45) is 0.763. The molecule has 0 aliphatic heterocycles. The molecule has 0 spiro atoms.